The van der Waals surface area contributed by atoms with Crippen molar-refractivity contribution in [3.8, 4) is 0 Å². The van der Waals surface area contributed by atoms with E-state index in [0.717, 1.165) is 32.1 Å². The highest BCUT2D eigenvalue weighted by Gasteiger charge is 2.26. The molecule has 0 aromatic rings. The van der Waals surface area contributed by atoms with Crippen molar-refractivity contribution >= 4 is 5.97 Å². The molecule has 122 valence electrons. The molecule has 21 heavy (non-hydrogen) atoms. The maximum absolute atomic E-state index is 11.8. The van der Waals surface area contributed by atoms with Gasteiger partial charge in [-0.1, -0.05) is 6.92 Å². The van der Waals surface area contributed by atoms with Gasteiger partial charge in [0.25, 0.3) is 0 Å². The van der Waals surface area contributed by atoms with E-state index < -0.39 is 0 Å². The van der Waals surface area contributed by atoms with E-state index in [0.29, 0.717) is 0 Å². The third-order valence-corrected chi connectivity index (χ3v) is 4.80. The molecule has 0 aromatic carbocycles. The molecule has 0 aromatic heterocycles. The van der Waals surface area contributed by atoms with Crippen LogP contribution in [0.3, 0.4) is 0 Å². The number of likely N-dealkylation sites (N-methyl/N-ethyl adjacent to an activating group) is 1. The monoisotopic (exact) mass is 297 g/mol. The van der Waals surface area contributed by atoms with Gasteiger partial charge < -0.3 is 19.9 Å². The first kappa shape index (κ1) is 16.7. The molecule has 2 saturated heterocycles. The Morgan fingerprint density at radius 3 is 2.43 bits per heavy atom. The Labute approximate surface area is 129 Å². The Morgan fingerprint density at radius 2 is 1.86 bits per heavy atom. The molecule has 0 bridgehead atoms. The molecule has 5 nitrogen and oxygen atoms in total. The molecule has 2 rings (SSSR count). The number of hydrogen-bond acceptors (Lipinski definition) is 5. The fourth-order valence-corrected chi connectivity index (χ4v) is 3.55. The van der Waals surface area contributed by atoms with Crippen LogP contribution >= 0.6 is 0 Å². The number of esters is 1. The van der Waals surface area contributed by atoms with Crippen LogP contribution in [0.4, 0.5) is 0 Å². The van der Waals surface area contributed by atoms with E-state index >= 15 is 0 Å². The Hall–Kier alpha value is -0.650. The fourth-order valence-electron chi connectivity index (χ4n) is 3.55. The van der Waals surface area contributed by atoms with E-state index in [1.54, 1.807) is 0 Å². The molecule has 5 heteroatoms. The lowest BCUT2D eigenvalue weighted by Crippen LogP contribution is -2.49. The number of hydrogen-bond donors (Lipinski definition) is 1. The molecule has 1 unspecified atom stereocenters. The van der Waals surface area contributed by atoms with Crippen LogP contribution in [0, 0.1) is 5.92 Å². The van der Waals surface area contributed by atoms with Crippen LogP contribution < -0.4 is 5.32 Å². The highest BCUT2D eigenvalue weighted by atomic mass is 16.5. The maximum atomic E-state index is 11.8. The van der Waals surface area contributed by atoms with Gasteiger partial charge in [-0.2, -0.15) is 0 Å². The van der Waals surface area contributed by atoms with Gasteiger partial charge in [-0.05, 0) is 64.3 Å². The number of piperidine rings is 1. The van der Waals surface area contributed by atoms with Gasteiger partial charge in [-0.25, -0.2) is 0 Å². The lowest BCUT2D eigenvalue weighted by Gasteiger charge is -2.35. The Morgan fingerprint density at radius 1 is 1.19 bits per heavy atom. The number of nitrogens with one attached hydrogen (secondary N) is 1. The quantitative estimate of drug-likeness (QED) is 0.709. The van der Waals surface area contributed by atoms with E-state index in [4.69, 9.17) is 4.74 Å². The van der Waals surface area contributed by atoms with Gasteiger partial charge in [-0.15, -0.1) is 0 Å². The van der Waals surface area contributed by atoms with Gasteiger partial charge in [0.1, 0.15) is 6.04 Å². The van der Waals surface area contributed by atoms with Crippen molar-refractivity contribution in [3.63, 3.8) is 0 Å². The lowest BCUT2D eigenvalue weighted by molar-refractivity contribution is -0.143. The summed E-state index contributed by atoms with van der Waals surface area (Å²) in [5.74, 6) is 0.700. The highest BCUT2D eigenvalue weighted by Crippen LogP contribution is 2.20. The summed E-state index contributed by atoms with van der Waals surface area (Å²) in [7, 11) is 1.47. The summed E-state index contributed by atoms with van der Waals surface area (Å²) in [5, 5.41) is 3.23. The molecule has 2 aliphatic rings. The van der Waals surface area contributed by atoms with Gasteiger partial charge in [0.15, 0.2) is 0 Å². The topological polar surface area (TPSA) is 44.8 Å². The van der Waals surface area contributed by atoms with Gasteiger partial charge in [-0.3, -0.25) is 4.79 Å². The SMILES string of the molecule is CCNC(CN1CCC(CN2CCCC2)CC1)C(=O)OC. The first-order chi connectivity index (χ1) is 10.2. The van der Waals surface area contributed by atoms with Crippen LogP contribution in [0.5, 0.6) is 0 Å². The minimum Gasteiger partial charge on any atom is -0.468 e. The summed E-state index contributed by atoms with van der Waals surface area (Å²) in [4.78, 5) is 16.8. The summed E-state index contributed by atoms with van der Waals surface area (Å²) >= 11 is 0. The second-order valence-corrected chi connectivity index (χ2v) is 6.39. The van der Waals surface area contributed by atoms with Crippen molar-refractivity contribution in [1.82, 2.24) is 15.1 Å². The number of likely N-dealkylation sites (tertiary alicyclic amines) is 2. The molecule has 0 aliphatic carbocycles. The maximum Gasteiger partial charge on any atom is 0.324 e. The fraction of sp³-hybridized carbons (Fsp3) is 0.938. The average molecular weight is 297 g/mol. The number of carbonyl (C=O) groups excluding carboxylic acids is 1. The molecule has 2 fully saturated rings. The highest BCUT2D eigenvalue weighted by molar-refractivity contribution is 5.75. The first-order valence-electron chi connectivity index (χ1n) is 8.48. The number of nitrogens with zero attached hydrogens (tertiary/aromatic N) is 2. The number of rotatable bonds is 7. The number of ether oxygens (including phenoxy) is 1. The van der Waals surface area contributed by atoms with Crippen molar-refractivity contribution in [1.29, 1.82) is 0 Å². The van der Waals surface area contributed by atoms with Crippen LogP contribution in [0.15, 0.2) is 0 Å². The number of carbonyl (C=O) groups is 1. The standard InChI is InChI=1S/C16H31N3O2/c1-3-17-15(16(20)21-2)13-19-10-6-14(7-11-19)12-18-8-4-5-9-18/h14-15,17H,3-13H2,1-2H3. The van der Waals surface area contributed by atoms with Crippen LogP contribution in [0.25, 0.3) is 0 Å². The van der Waals surface area contributed by atoms with E-state index in [2.05, 4.69) is 15.1 Å². The van der Waals surface area contributed by atoms with Crippen molar-refractivity contribution in [2.45, 2.75) is 38.6 Å². The largest absolute Gasteiger partial charge is 0.468 e. The van der Waals surface area contributed by atoms with Crippen LogP contribution in [-0.2, 0) is 9.53 Å². The van der Waals surface area contributed by atoms with Gasteiger partial charge in [0.05, 0.1) is 7.11 Å². The normalized spacial score (nSPS) is 23.3. The molecular formula is C16H31N3O2. The summed E-state index contributed by atoms with van der Waals surface area (Å²) in [5.41, 5.74) is 0. The minimum absolute atomic E-state index is 0.143. The molecule has 0 amide bonds. The van der Waals surface area contributed by atoms with Crippen molar-refractivity contribution in [2.75, 3.05) is 52.9 Å². The molecule has 0 radical (unpaired) electrons. The zero-order valence-corrected chi connectivity index (χ0v) is 13.6. The summed E-state index contributed by atoms with van der Waals surface area (Å²) < 4.78 is 4.88. The van der Waals surface area contributed by atoms with E-state index in [9.17, 15) is 4.79 Å². The molecule has 0 spiro atoms. The van der Waals surface area contributed by atoms with Crippen LogP contribution in [0.2, 0.25) is 0 Å². The summed E-state index contributed by atoms with van der Waals surface area (Å²) in [6.45, 7) is 9.69. The van der Waals surface area contributed by atoms with Crippen molar-refractivity contribution in [2.24, 2.45) is 5.92 Å². The van der Waals surface area contributed by atoms with Crippen molar-refractivity contribution in [3.05, 3.63) is 0 Å². The predicted octanol–water partition coefficient (Wildman–Crippen LogP) is 0.945. The van der Waals surface area contributed by atoms with Gasteiger partial charge >= 0.3 is 5.97 Å². The Balaban J connectivity index is 1.70. The van der Waals surface area contributed by atoms with E-state index in [-0.39, 0.29) is 12.0 Å². The smallest absolute Gasteiger partial charge is 0.324 e. The molecule has 1 N–H and O–H groups in total. The summed E-state index contributed by atoms with van der Waals surface area (Å²) in [6.07, 6.45) is 5.28. The third-order valence-electron chi connectivity index (χ3n) is 4.80. The Kier molecular flexibility index (Phi) is 6.93. The van der Waals surface area contributed by atoms with Crippen molar-refractivity contribution < 1.29 is 9.53 Å². The molecule has 2 heterocycles. The predicted molar refractivity (Wildman–Crippen MR) is 84.3 cm³/mol. The van der Waals surface area contributed by atoms with E-state index in [1.807, 2.05) is 6.92 Å². The molecule has 2 aliphatic heterocycles. The lowest BCUT2D eigenvalue weighted by atomic mass is 9.96. The molecule has 0 saturated carbocycles. The van der Waals surface area contributed by atoms with Crippen LogP contribution in [0.1, 0.15) is 32.6 Å². The number of methoxy groups -OCH3 is 1. The average Bonchev–Trinajstić information content (AvgIpc) is 3.01. The Bertz CT molecular complexity index is 311. The van der Waals surface area contributed by atoms with Gasteiger partial charge in [0.2, 0.25) is 0 Å². The third kappa shape index (κ3) is 5.24. The zero-order valence-electron chi connectivity index (χ0n) is 13.6. The second kappa shape index (κ2) is 8.71. The molecular weight excluding hydrogens is 266 g/mol. The summed E-state index contributed by atoms with van der Waals surface area (Å²) in [6, 6.07) is -0.185. The van der Waals surface area contributed by atoms with E-state index in [1.165, 1.54) is 52.4 Å². The second-order valence-electron chi connectivity index (χ2n) is 6.39. The minimum atomic E-state index is -0.185. The molecule has 1 atom stereocenters. The van der Waals surface area contributed by atoms with Crippen LogP contribution in [-0.4, -0.2) is 74.7 Å². The first-order valence-corrected chi connectivity index (χ1v) is 8.48. The zero-order chi connectivity index (χ0) is 15.1. The van der Waals surface area contributed by atoms with Gasteiger partial charge in [0, 0.05) is 13.1 Å².